The molecule has 6 heteroatoms. The van der Waals surface area contributed by atoms with Gasteiger partial charge in [-0.2, -0.15) is 0 Å². The number of rotatable bonds is 3. The van der Waals surface area contributed by atoms with Crippen LogP contribution in [-0.4, -0.2) is 33.2 Å². The van der Waals surface area contributed by atoms with Gasteiger partial charge >= 0.3 is 0 Å². The zero-order valence-electron chi connectivity index (χ0n) is 10.2. The van der Waals surface area contributed by atoms with Gasteiger partial charge in [-0.05, 0) is 25.0 Å². The second-order valence-electron chi connectivity index (χ2n) is 4.27. The van der Waals surface area contributed by atoms with E-state index >= 15 is 0 Å². The Bertz CT molecular complexity index is 503. The van der Waals surface area contributed by atoms with Gasteiger partial charge in [0.05, 0.1) is 6.26 Å². The van der Waals surface area contributed by atoms with Crippen LogP contribution in [0.4, 0.5) is 0 Å². The first-order valence-corrected chi connectivity index (χ1v) is 6.90. The summed E-state index contributed by atoms with van der Waals surface area (Å²) in [5, 5.41) is 9.95. The second kappa shape index (κ2) is 5.16. The minimum atomic E-state index is 0.575. The number of nitrogens with zero attached hydrogens (tertiary/aromatic N) is 3. The van der Waals surface area contributed by atoms with Crippen LogP contribution < -0.4 is 0 Å². The van der Waals surface area contributed by atoms with E-state index in [0.717, 1.165) is 42.8 Å². The molecule has 5 nitrogen and oxygen atoms in total. The van der Waals surface area contributed by atoms with Crippen molar-refractivity contribution in [2.75, 3.05) is 13.2 Å². The molecule has 0 N–H and O–H groups in total. The predicted octanol–water partition coefficient (Wildman–Crippen LogP) is 2.35. The third kappa shape index (κ3) is 2.30. The third-order valence-corrected chi connectivity index (χ3v) is 4.39. The molecule has 0 aromatic carbocycles. The van der Waals surface area contributed by atoms with Crippen LogP contribution >= 0.6 is 11.8 Å². The largest absolute Gasteiger partial charge is 0.461 e. The van der Waals surface area contributed by atoms with Gasteiger partial charge < -0.3 is 13.7 Å². The van der Waals surface area contributed by atoms with E-state index in [0.29, 0.717) is 5.25 Å². The topological polar surface area (TPSA) is 53.1 Å². The van der Waals surface area contributed by atoms with Crippen molar-refractivity contribution in [1.82, 2.24) is 14.8 Å². The molecule has 0 radical (unpaired) electrons. The maximum Gasteiger partial charge on any atom is 0.200 e. The van der Waals surface area contributed by atoms with Crippen LogP contribution in [0.5, 0.6) is 0 Å². The van der Waals surface area contributed by atoms with Gasteiger partial charge in [0.25, 0.3) is 0 Å². The summed E-state index contributed by atoms with van der Waals surface area (Å²) in [6, 6.07) is 3.75. The van der Waals surface area contributed by atoms with Crippen molar-refractivity contribution in [2.45, 2.75) is 23.2 Å². The lowest BCUT2D eigenvalue weighted by molar-refractivity contribution is 0.0999. The summed E-state index contributed by atoms with van der Waals surface area (Å²) in [6.07, 6.45) is 3.80. The molecule has 1 aliphatic heterocycles. The minimum absolute atomic E-state index is 0.575. The van der Waals surface area contributed by atoms with Crippen molar-refractivity contribution < 1.29 is 9.15 Å². The molecule has 0 unspecified atom stereocenters. The number of hydrogen-bond acceptors (Lipinski definition) is 5. The lowest BCUT2D eigenvalue weighted by atomic mass is 10.2. The molecule has 1 aliphatic rings. The zero-order valence-corrected chi connectivity index (χ0v) is 11.0. The van der Waals surface area contributed by atoms with E-state index in [2.05, 4.69) is 10.2 Å². The van der Waals surface area contributed by atoms with Gasteiger partial charge in [-0.15, -0.1) is 10.2 Å². The highest BCUT2D eigenvalue weighted by Gasteiger charge is 2.20. The summed E-state index contributed by atoms with van der Waals surface area (Å²) in [7, 11) is 1.97. The van der Waals surface area contributed by atoms with Crippen molar-refractivity contribution in [3.05, 3.63) is 18.4 Å². The maximum absolute atomic E-state index is 5.36. The van der Waals surface area contributed by atoms with Gasteiger partial charge in [0.2, 0.25) is 0 Å². The fraction of sp³-hybridized carbons (Fsp3) is 0.500. The number of ether oxygens (including phenoxy) is 1. The molecule has 0 atom stereocenters. The van der Waals surface area contributed by atoms with E-state index in [1.807, 2.05) is 23.7 Å². The molecule has 2 aromatic heterocycles. The molecule has 18 heavy (non-hydrogen) atoms. The first-order chi connectivity index (χ1) is 8.84. The summed E-state index contributed by atoms with van der Waals surface area (Å²) in [5.74, 6) is 1.53. The third-order valence-electron chi connectivity index (χ3n) is 3.02. The van der Waals surface area contributed by atoms with Gasteiger partial charge in [0.1, 0.15) is 0 Å². The molecule has 3 heterocycles. The standard InChI is InChI=1S/C12H15N3O2S/c1-15-11(10-3-2-6-17-10)13-14-12(15)18-9-4-7-16-8-5-9/h2-3,6,9H,4-5,7-8H2,1H3. The van der Waals surface area contributed by atoms with E-state index in [1.165, 1.54) is 0 Å². The molecule has 2 aromatic rings. The highest BCUT2D eigenvalue weighted by atomic mass is 32.2. The maximum atomic E-state index is 5.36. The molecule has 0 spiro atoms. The summed E-state index contributed by atoms with van der Waals surface area (Å²) in [4.78, 5) is 0. The Morgan fingerprint density at radius 1 is 1.33 bits per heavy atom. The van der Waals surface area contributed by atoms with E-state index < -0.39 is 0 Å². The van der Waals surface area contributed by atoms with E-state index in [9.17, 15) is 0 Å². The molecule has 1 fully saturated rings. The Morgan fingerprint density at radius 3 is 2.89 bits per heavy atom. The summed E-state index contributed by atoms with van der Waals surface area (Å²) in [6.45, 7) is 1.70. The molecule has 0 saturated carbocycles. The van der Waals surface area contributed by atoms with Crippen LogP contribution in [0.2, 0.25) is 0 Å². The van der Waals surface area contributed by atoms with Crippen molar-refractivity contribution in [2.24, 2.45) is 7.05 Å². The van der Waals surface area contributed by atoms with Gasteiger partial charge in [-0.3, -0.25) is 0 Å². The second-order valence-corrected chi connectivity index (χ2v) is 5.54. The highest BCUT2D eigenvalue weighted by molar-refractivity contribution is 7.99. The van der Waals surface area contributed by atoms with E-state index in [1.54, 1.807) is 18.0 Å². The zero-order chi connectivity index (χ0) is 12.4. The monoisotopic (exact) mass is 265 g/mol. The van der Waals surface area contributed by atoms with Crippen LogP contribution in [0.25, 0.3) is 11.6 Å². The highest BCUT2D eigenvalue weighted by Crippen LogP contribution is 2.30. The molecule has 0 amide bonds. The molecule has 3 rings (SSSR count). The predicted molar refractivity (Wildman–Crippen MR) is 68.4 cm³/mol. The molecule has 96 valence electrons. The average Bonchev–Trinajstić information content (AvgIpc) is 3.02. The normalized spacial score (nSPS) is 17.2. The summed E-state index contributed by atoms with van der Waals surface area (Å²) in [5.41, 5.74) is 0. The van der Waals surface area contributed by atoms with Crippen LogP contribution in [-0.2, 0) is 11.8 Å². The summed E-state index contributed by atoms with van der Waals surface area (Å²) < 4.78 is 12.7. The first-order valence-electron chi connectivity index (χ1n) is 6.02. The van der Waals surface area contributed by atoms with Crippen molar-refractivity contribution >= 4 is 11.8 Å². The molecule has 0 aliphatic carbocycles. The van der Waals surface area contributed by atoms with Gasteiger partial charge in [0, 0.05) is 25.5 Å². The Hall–Kier alpha value is -1.27. The Morgan fingerprint density at radius 2 is 2.17 bits per heavy atom. The minimum Gasteiger partial charge on any atom is -0.461 e. The fourth-order valence-electron chi connectivity index (χ4n) is 1.98. The average molecular weight is 265 g/mol. The molecule has 0 bridgehead atoms. The summed E-state index contributed by atoms with van der Waals surface area (Å²) >= 11 is 1.78. The lowest BCUT2D eigenvalue weighted by Crippen LogP contribution is -2.17. The van der Waals surface area contributed by atoms with Crippen LogP contribution in [0.15, 0.2) is 28.0 Å². The molecular weight excluding hydrogens is 250 g/mol. The molecular formula is C12H15N3O2S. The van der Waals surface area contributed by atoms with Crippen LogP contribution in [0.1, 0.15) is 12.8 Å². The smallest absolute Gasteiger partial charge is 0.200 e. The quantitative estimate of drug-likeness (QED) is 0.852. The van der Waals surface area contributed by atoms with Crippen molar-refractivity contribution in [3.8, 4) is 11.6 Å². The SMILES string of the molecule is Cn1c(SC2CCOCC2)nnc1-c1ccco1. The van der Waals surface area contributed by atoms with E-state index in [-0.39, 0.29) is 0 Å². The molecule has 1 saturated heterocycles. The lowest BCUT2D eigenvalue weighted by Gasteiger charge is -2.20. The number of hydrogen-bond donors (Lipinski definition) is 0. The van der Waals surface area contributed by atoms with Crippen LogP contribution in [0, 0.1) is 0 Å². The van der Waals surface area contributed by atoms with Gasteiger partial charge in [0.15, 0.2) is 16.7 Å². The van der Waals surface area contributed by atoms with Gasteiger partial charge in [-0.25, -0.2) is 0 Å². The van der Waals surface area contributed by atoms with Crippen molar-refractivity contribution in [1.29, 1.82) is 0 Å². The van der Waals surface area contributed by atoms with Crippen LogP contribution in [0.3, 0.4) is 0 Å². The first kappa shape index (κ1) is 11.8. The number of aromatic nitrogens is 3. The fourth-order valence-corrected chi connectivity index (χ4v) is 3.04. The van der Waals surface area contributed by atoms with Gasteiger partial charge in [-0.1, -0.05) is 11.8 Å². The number of thioether (sulfide) groups is 1. The Labute approximate surface area is 110 Å². The number of furan rings is 1. The van der Waals surface area contributed by atoms with Crippen molar-refractivity contribution in [3.63, 3.8) is 0 Å². The van der Waals surface area contributed by atoms with E-state index in [4.69, 9.17) is 9.15 Å². The Balaban J connectivity index is 1.77. The Kier molecular flexibility index (Phi) is 3.38.